The van der Waals surface area contributed by atoms with E-state index in [0.717, 1.165) is 24.3 Å². The fraction of sp³-hybridized carbons (Fsp3) is 1.00. The lowest BCUT2D eigenvalue weighted by molar-refractivity contribution is 0.502. The first-order chi connectivity index (χ1) is 11.0. The zero-order chi connectivity index (χ0) is 17.4. The molecule has 0 amide bonds. The van der Waals surface area contributed by atoms with Crippen LogP contribution in [0.1, 0.15) is 104 Å². The SMILES string of the molecule is CCCCCCCCCCS(CCCCCCCC)=P(O)(O)S. The summed E-state index contributed by atoms with van der Waals surface area (Å²) in [5, 5.41) is 0. The summed E-state index contributed by atoms with van der Waals surface area (Å²) in [6.45, 7) is 4.49. The van der Waals surface area contributed by atoms with Crippen molar-refractivity contribution < 1.29 is 9.79 Å². The van der Waals surface area contributed by atoms with Crippen LogP contribution in [0.15, 0.2) is 0 Å². The van der Waals surface area contributed by atoms with Crippen LogP contribution < -0.4 is 0 Å². The Morgan fingerprint density at radius 1 is 0.609 bits per heavy atom. The molecule has 0 saturated carbocycles. The van der Waals surface area contributed by atoms with E-state index in [1.165, 1.54) is 77.0 Å². The second-order valence-corrected chi connectivity index (χ2v) is 15.0. The Balaban J connectivity index is 3.79. The molecule has 0 aliphatic rings. The molecule has 1 atom stereocenters. The molecule has 0 aliphatic carbocycles. The molecule has 0 saturated heterocycles. The summed E-state index contributed by atoms with van der Waals surface area (Å²) in [6.07, 6.45) is 18.0. The van der Waals surface area contributed by atoms with Gasteiger partial charge in [-0.25, -0.2) is 0 Å². The van der Waals surface area contributed by atoms with Crippen molar-refractivity contribution in [2.24, 2.45) is 0 Å². The number of thiol groups is 1. The van der Waals surface area contributed by atoms with E-state index in [9.17, 15) is 9.79 Å². The molecule has 5 heteroatoms. The Hall–Kier alpha value is 1.05. The Bertz CT molecular complexity index is 308. The average Bonchev–Trinajstić information content (AvgIpc) is 2.50. The van der Waals surface area contributed by atoms with E-state index in [4.69, 9.17) is 0 Å². The lowest BCUT2D eigenvalue weighted by atomic mass is 10.1. The van der Waals surface area contributed by atoms with E-state index in [1.54, 1.807) is 0 Å². The van der Waals surface area contributed by atoms with Crippen molar-refractivity contribution in [3.63, 3.8) is 0 Å². The van der Waals surface area contributed by atoms with Gasteiger partial charge in [-0.15, -0.1) is 10.1 Å². The van der Waals surface area contributed by atoms with Crippen molar-refractivity contribution in [3.05, 3.63) is 0 Å². The van der Waals surface area contributed by atoms with Gasteiger partial charge in [0.05, 0.1) is 0 Å². The minimum Gasteiger partial charge on any atom is -0.341 e. The van der Waals surface area contributed by atoms with Gasteiger partial charge in [-0.3, -0.25) is 0 Å². The Morgan fingerprint density at radius 3 is 1.22 bits per heavy atom. The molecule has 0 fully saturated rings. The number of hydrogen-bond donors (Lipinski definition) is 3. The van der Waals surface area contributed by atoms with Crippen LogP contribution in [0.25, 0.3) is 0 Å². The summed E-state index contributed by atoms with van der Waals surface area (Å²) in [7, 11) is -0.273. The van der Waals surface area contributed by atoms with Gasteiger partial charge in [-0.2, -0.15) is 0 Å². The summed E-state index contributed by atoms with van der Waals surface area (Å²) >= 11 is 4.12. The molecule has 0 bridgehead atoms. The van der Waals surface area contributed by atoms with Gasteiger partial charge < -0.3 is 9.79 Å². The summed E-state index contributed by atoms with van der Waals surface area (Å²) in [5.74, 6) is 1.93. The van der Waals surface area contributed by atoms with Gasteiger partial charge in [0.25, 0.3) is 0 Å². The van der Waals surface area contributed by atoms with Crippen molar-refractivity contribution in [1.29, 1.82) is 0 Å². The fourth-order valence-electron chi connectivity index (χ4n) is 2.80. The maximum atomic E-state index is 9.96. The molecule has 0 aromatic heterocycles. The van der Waals surface area contributed by atoms with Crippen molar-refractivity contribution in [2.45, 2.75) is 104 Å². The fourth-order valence-corrected chi connectivity index (χ4v) is 8.28. The van der Waals surface area contributed by atoms with Crippen LogP contribution in [-0.2, 0) is 10.1 Å². The van der Waals surface area contributed by atoms with Crippen LogP contribution in [0.5, 0.6) is 0 Å². The van der Waals surface area contributed by atoms with Gasteiger partial charge in [0.15, 0.2) is 5.69 Å². The maximum absolute atomic E-state index is 9.96. The molecule has 0 spiro atoms. The largest absolute Gasteiger partial charge is 0.341 e. The summed E-state index contributed by atoms with van der Waals surface area (Å²) in [5.41, 5.74) is -2.94. The molecule has 0 aliphatic heterocycles. The predicted molar refractivity (Wildman–Crippen MR) is 113 cm³/mol. The van der Waals surface area contributed by atoms with Crippen LogP contribution in [0.2, 0.25) is 0 Å². The number of hydrogen-bond acceptors (Lipinski definition) is 0. The molecule has 2 N–H and O–H groups in total. The third kappa shape index (κ3) is 16.3. The second kappa shape index (κ2) is 16.5. The van der Waals surface area contributed by atoms with E-state index in [1.807, 2.05) is 0 Å². The minimum atomic E-state index is -2.94. The minimum absolute atomic E-state index is 0.273. The lowest BCUT2D eigenvalue weighted by Gasteiger charge is -2.16. The predicted octanol–water partition coefficient (Wildman–Crippen LogP) is 6.70. The van der Waals surface area contributed by atoms with Gasteiger partial charge in [-0.1, -0.05) is 103 Å². The quantitative estimate of drug-likeness (QED) is 0.157. The maximum Gasteiger partial charge on any atom is 0.198 e. The molecule has 0 radical (unpaired) electrons. The van der Waals surface area contributed by atoms with E-state index in [0.29, 0.717) is 0 Å². The highest BCUT2D eigenvalue weighted by Crippen LogP contribution is 2.47. The molecule has 0 heterocycles. The van der Waals surface area contributed by atoms with Crippen molar-refractivity contribution in [1.82, 2.24) is 0 Å². The van der Waals surface area contributed by atoms with Gasteiger partial charge in [0.1, 0.15) is 0 Å². The molecule has 142 valence electrons. The van der Waals surface area contributed by atoms with Crippen molar-refractivity contribution >= 4 is 28.0 Å². The van der Waals surface area contributed by atoms with Crippen LogP contribution in [-0.4, -0.2) is 21.3 Å². The van der Waals surface area contributed by atoms with Crippen LogP contribution in [0.4, 0.5) is 0 Å². The molecular weight excluding hydrogens is 343 g/mol. The molecule has 23 heavy (non-hydrogen) atoms. The molecule has 1 unspecified atom stereocenters. The topological polar surface area (TPSA) is 40.5 Å². The number of unbranched alkanes of at least 4 members (excludes halogenated alkanes) is 12. The van der Waals surface area contributed by atoms with Gasteiger partial charge in [-0.05, 0) is 24.3 Å². The van der Waals surface area contributed by atoms with Crippen LogP contribution >= 0.6 is 17.9 Å². The van der Waals surface area contributed by atoms with E-state index >= 15 is 0 Å². The van der Waals surface area contributed by atoms with Crippen LogP contribution in [0.3, 0.4) is 0 Å². The van der Waals surface area contributed by atoms with Gasteiger partial charge >= 0.3 is 0 Å². The summed E-state index contributed by atoms with van der Waals surface area (Å²) in [4.78, 5) is 19.9. The number of rotatable bonds is 16. The smallest absolute Gasteiger partial charge is 0.198 e. The highest BCUT2D eigenvalue weighted by molar-refractivity contribution is 8.65. The Morgan fingerprint density at radius 2 is 0.913 bits per heavy atom. The lowest BCUT2D eigenvalue weighted by Crippen LogP contribution is -2.04. The standard InChI is InChI=1S/C18H41O2PS2/c1-3-5-7-9-11-12-14-16-18-23(21(19,20)22)17-15-13-10-8-6-4-2/h19-20,22H,3-18H2,1-2H3. The van der Waals surface area contributed by atoms with E-state index in [-0.39, 0.29) is 10.1 Å². The third-order valence-corrected chi connectivity index (χ3v) is 11.8. The van der Waals surface area contributed by atoms with Crippen molar-refractivity contribution in [2.75, 3.05) is 11.5 Å². The van der Waals surface area contributed by atoms with Gasteiger partial charge in [0.2, 0.25) is 0 Å². The normalized spacial score (nSPS) is 13.4. The van der Waals surface area contributed by atoms with E-state index < -0.39 is 5.69 Å². The summed E-state index contributed by atoms with van der Waals surface area (Å²) in [6, 6.07) is 0. The first-order valence-corrected chi connectivity index (χ1v) is 14.8. The molecule has 0 rings (SSSR count). The first kappa shape index (κ1) is 24.1. The molecule has 0 aromatic rings. The molecule has 2 nitrogen and oxygen atoms in total. The van der Waals surface area contributed by atoms with E-state index in [2.05, 4.69) is 26.1 Å². The zero-order valence-electron chi connectivity index (χ0n) is 15.5. The Kier molecular flexibility index (Phi) is 17.3. The highest BCUT2D eigenvalue weighted by atomic mass is 32.9. The third-order valence-electron chi connectivity index (χ3n) is 4.31. The Labute approximate surface area is 153 Å². The van der Waals surface area contributed by atoms with Gasteiger partial charge in [0, 0.05) is 0 Å². The average molecular weight is 385 g/mol. The molecule has 0 aromatic carbocycles. The summed E-state index contributed by atoms with van der Waals surface area (Å²) < 4.78 is 0. The monoisotopic (exact) mass is 384 g/mol. The first-order valence-electron chi connectivity index (χ1n) is 9.77. The highest BCUT2D eigenvalue weighted by Gasteiger charge is 2.10. The van der Waals surface area contributed by atoms with Crippen molar-refractivity contribution in [3.8, 4) is 0 Å². The molecular formula is C18H41O2PS2. The second-order valence-electron chi connectivity index (χ2n) is 6.63. The van der Waals surface area contributed by atoms with Crippen LogP contribution in [0, 0.1) is 0 Å². The zero-order valence-corrected chi connectivity index (χ0v) is 18.1.